The summed E-state index contributed by atoms with van der Waals surface area (Å²) in [7, 11) is 0. The molecule has 0 saturated heterocycles. The van der Waals surface area contributed by atoms with Gasteiger partial charge in [-0.2, -0.15) is 0 Å². The maximum Gasteiger partial charge on any atom is 0.315 e. The Morgan fingerprint density at radius 3 is 1.38 bits per heavy atom. The number of nitrogens with two attached hydrogens (primary N) is 1. The average Bonchev–Trinajstić information content (AvgIpc) is 2.82. The number of hydrogen-bond acceptors (Lipinski definition) is 1. The molecule has 2 amide bonds. The van der Waals surface area contributed by atoms with Crippen molar-refractivity contribution in [2.24, 2.45) is 5.73 Å². The van der Waals surface area contributed by atoms with Gasteiger partial charge in [0.2, 0.25) is 0 Å². The van der Waals surface area contributed by atoms with Gasteiger partial charge in [-0.25, -0.2) is 4.79 Å². The Balaban J connectivity index is 2.28. The lowest BCUT2D eigenvalue weighted by Gasteiger charge is -2.38. The summed E-state index contributed by atoms with van der Waals surface area (Å²) < 4.78 is 0. The van der Waals surface area contributed by atoms with Crippen molar-refractivity contribution < 1.29 is 4.79 Å². The summed E-state index contributed by atoms with van der Waals surface area (Å²) in [6.45, 7) is 4.49. The van der Waals surface area contributed by atoms with Gasteiger partial charge in [-0.15, -0.1) is 0 Å². The van der Waals surface area contributed by atoms with Gasteiger partial charge in [0.25, 0.3) is 0 Å². The van der Waals surface area contributed by atoms with Gasteiger partial charge in [0.1, 0.15) is 0 Å². The molecule has 0 aliphatic rings. The van der Waals surface area contributed by atoms with Crippen molar-refractivity contribution in [1.82, 2.24) is 4.90 Å². The van der Waals surface area contributed by atoms with Crippen molar-refractivity contribution >= 4 is 6.03 Å². The number of urea groups is 1. The van der Waals surface area contributed by atoms with Crippen LogP contribution in [-0.2, 0) is 0 Å². The summed E-state index contributed by atoms with van der Waals surface area (Å²) in [6.07, 6.45) is 14.1. The van der Waals surface area contributed by atoms with Crippen LogP contribution in [0.5, 0.6) is 0 Å². The summed E-state index contributed by atoms with van der Waals surface area (Å²) in [4.78, 5) is 14.9. The Hall–Kier alpha value is -2.29. The Labute approximate surface area is 196 Å². The van der Waals surface area contributed by atoms with Crippen LogP contribution in [0.4, 0.5) is 4.79 Å². The van der Waals surface area contributed by atoms with Gasteiger partial charge >= 0.3 is 6.03 Å². The molecule has 0 aliphatic carbocycles. The third-order valence-corrected chi connectivity index (χ3v) is 6.46. The molecule has 3 nitrogen and oxygen atoms in total. The van der Waals surface area contributed by atoms with Crippen LogP contribution in [0, 0.1) is 0 Å². The van der Waals surface area contributed by atoms with E-state index in [1.807, 2.05) is 17.0 Å². The molecule has 32 heavy (non-hydrogen) atoms. The Kier molecular flexibility index (Phi) is 12.6. The molecule has 0 bridgehead atoms. The number of carbonyl (C=O) groups excluding carboxylic acids is 1. The highest BCUT2D eigenvalue weighted by Gasteiger charge is 2.31. The van der Waals surface area contributed by atoms with Crippen LogP contribution in [0.15, 0.2) is 60.7 Å². The zero-order valence-electron chi connectivity index (χ0n) is 20.3. The second-order valence-corrected chi connectivity index (χ2v) is 9.00. The first-order valence-corrected chi connectivity index (χ1v) is 12.9. The van der Waals surface area contributed by atoms with Gasteiger partial charge in [-0.05, 0) is 24.0 Å². The topological polar surface area (TPSA) is 46.3 Å². The van der Waals surface area contributed by atoms with Crippen LogP contribution in [0.2, 0.25) is 0 Å². The monoisotopic (exact) mass is 436 g/mol. The maximum atomic E-state index is 12.9. The van der Waals surface area contributed by atoms with Gasteiger partial charge in [-0.3, -0.25) is 0 Å². The van der Waals surface area contributed by atoms with Crippen molar-refractivity contribution in [3.05, 3.63) is 71.8 Å². The van der Waals surface area contributed by atoms with Crippen LogP contribution in [-0.4, -0.2) is 10.9 Å². The van der Waals surface area contributed by atoms with Crippen LogP contribution in [0.25, 0.3) is 0 Å². The van der Waals surface area contributed by atoms with Crippen molar-refractivity contribution in [1.29, 1.82) is 0 Å². The molecule has 2 unspecified atom stereocenters. The number of primary amides is 1. The third-order valence-electron chi connectivity index (χ3n) is 6.46. The molecule has 0 heterocycles. The minimum Gasteiger partial charge on any atom is -0.351 e. The maximum absolute atomic E-state index is 12.9. The molecule has 2 aromatic carbocycles. The number of nitrogens with zero attached hydrogens (tertiary/aromatic N) is 1. The molecule has 0 aromatic heterocycles. The first-order valence-electron chi connectivity index (χ1n) is 12.9. The van der Waals surface area contributed by atoms with Crippen molar-refractivity contribution in [3.8, 4) is 0 Å². The first kappa shape index (κ1) is 26.0. The van der Waals surface area contributed by atoms with E-state index in [1.165, 1.54) is 62.5 Å². The first-order chi connectivity index (χ1) is 15.7. The number of hydrogen-bond donors (Lipinski definition) is 1. The second kappa shape index (κ2) is 15.5. The van der Waals surface area contributed by atoms with Gasteiger partial charge in [0.15, 0.2) is 0 Å². The van der Waals surface area contributed by atoms with E-state index in [2.05, 4.69) is 62.4 Å². The summed E-state index contributed by atoms with van der Waals surface area (Å²) in [6, 6.07) is 20.7. The van der Waals surface area contributed by atoms with Gasteiger partial charge < -0.3 is 10.6 Å². The van der Waals surface area contributed by atoms with Crippen LogP contribution in [0.1, 0.15) is 114 Å². The molecule has 0 saturated carbocycles. The molecular formula is C29H44N2O. The fraction of sp³-hybridized carbons (Fsp3) is 0.552. The van der Waals surface area contributed by atoms with E-state index in [-0.39, 0.29) is 18.1 Å². The number of carbonyl (C=O) groups is 1. The van der Waals surface area contributed by atoms with E-state index in [9.17, 15) is 4.79 Å². The van der Waals surface area contributed by atoms with Gasteiger partial charge in [0.05, 0.1) is 12.1 Å². The Morgan fingerprint density at radius 2 is 1.03 bits per heavy atom. The lowest BCUT2D eigenvalue weighted by molar-refractivity contribution is 0.138. The Bertz CT molecular complexity index is 674. The van der Waals surface area contributed by atoms with E-state index in [4.69, 9.17) is 5.73 Å². The summed E-state index contributed by atoms with van der Waals surface area (Å²) in [5, 5.41) is 0. The molecule has 2 aromatic rings. The van der Waals surface area contributed by atoms with Crippen molar-refractivity contribution in [2.75, 3.05) is 0 Å². The Morgan fingerprint density at radius 1 is 0.656 bits per heavy atom. The predicted octanol–water partition coefficient (Wildman–Crippen LogP) is 8.57. The lowest BCUT2D eigenvalue weighted by Crippen LogP contribution is -2.41. The fourth-order valence-electron chi connectivity index (χ4n) is 4.69. The largest absolute Gasteiger partial charge is 0.351 e. The SMILES string of the molecule is CCCCCCCC(c1ccccc1)N(C(N)=O)C(CCCCCCC)c1ccccc1. The van der Waals surface area contributed by atoms with Crippen molar-refractivity contribution in [2.45, 2.75) is 103 Å². The highest BCUT2D eigenvalue weighted by atomic mass is 16.2. The zero-order chi connectivity index (χ0) is 23.0. The minimum atomic E-state index is -0.310. The number of amides is 2. The predicted molar refractivity (Wildman–Crippen MR) is 137 cm³/mol. The highest BCUT2D eigenvalue weighted by molar-refractivity contribution is 5.73. The molecule has 0 fully saturated rings. The average molecular weight is 437 g/mol. The van der Waals surface area contributed by atoms with Crippen LogP contribution < -0.4 is 5.73 Å². The van der Waals surface area contributed by atoms with E-state index >= 15 is 0 Å². The van der Waals surface area contributed by atoms with E-state index < -0.39 is 0 Å². The molecule has 0 spiro atoms. The second-order valence-electron chi connectivity index (χ2n) is 9.00. The number of benzene rings is 2. The molecular weight excluding hydrogens is 392 g/mol. The van der Waals surface area contributed by atoms with E-state index in [0.29, 0.717) is 0 Å². The third kappa shape index (κ3) is 8.68. The molecule has 2 atom stereocenters. The smallest absolute Gasteiger partial charge is 0.315 e. The molecule has 0 aliphatic heterocycles. The number of unbranched alkanes of at least 4 members (excludes halogenated alkanes) is 8. The lowest BCUT2D eigenvalue weighted by atomic mass is 9.92. The van der Waals surface area contributed by atoms with Gasteiger partial charge in [-0.1, -0.05) is 139 Å². The van der Waals surface area contributed by atoms with E-state index in [1.54, 1.807) is 0 Å². The van der Waals surface area contributed by atoms with Crippen molar-refractivity contribution in [3.63, 3.8) is 0 Å². The minimum absolute atomic E-state index is 0.0103. The molecule has 2 rings (SSSR count). The summed E-state index contributed by atoms with van der Waals surface area (Å²) in [5.74, 6) is 0. The van der Waals surface area contributed by atoms with Crippen LogP contribution >= 0.6 is 0 Å². The quantitative estimate of drug-likeness (QED) is 0.263. The zero-order valence-corrected chi connectivity index (χ0v) is 20.3. The van der Waals surface area contributed by atoms with Crippen LogP contribution in [0.3, 0.4) is 0 Å². The fourth-order valence-corrected chi connectivity index (χ4v) is 4.69. The summed E-state index contributed by atoms with van der Waals surface area (Å²) in [5.41, 5.74) is 8.48. The van der Waals surface area contributed by atoms with Gasteiger partial charge in [0, 0.05) is 0 Å². The standard InChI is InChI=1S/C29H44N2O/c1-3-5-7-9-17-23-27(25-19-13-11-14-20-25)31(29(30)32)28(24-18-10-8-6-4-2)26-21-15-12-16-22-26/h11-16,19-22,27-28H,3-10,17-18,23-24H2,1-2H3,(H2,30,32). The molecule has 2 N–H and O–H groups in total. The normalized spacial score (nSPS) is 12.9. The highest BCUT2D eigenvalue weighted by Crippen LogP contribution is 2.37. The molecule has 176 valence electrons. The van der Waals surface area contributed by atoms with E-state index in [0.717, 1.165) is 25.7 Å². The summed E-state index contributed by atoms with van der Waals surface area (Å²) >= 11 is 0. The molecule has 0 radical (unpaired) electrons. The number of rotatable bonds is 16. The molecule has 3 heteroatoms.